The molecule has 7 nitrogen and oxygen atoms in total. The highest BCUT2D eigenvalue weighted by Gasteiger charge is 2.13. The molecule has 2 rings (SSSR count). The topological polar surface area (TPSA) is 89.8 Å². The average molecular weight is 386 g/mol. The number of carbonyl (C=O) groups is 2. The number of unbranched alkanes of at least 4 members (excludes halogenated alkanes) is 1. The van der Waals surface area contributed by atoms with E-state index in [1.54, 1.807) is 45.2 Å². The monoisotopic (exact) mass is 386 g/mol. The van der Waals surface area contributed by atoms with Crippen molar-refractivity contribution in [2.75, 3.05) is 13.7 Å². The largest absolute Gasteiger partial charge is 0.493 e. The fourth-order valence-corrected chi connectivity index (χ4v) is 2.49. The predicted molar refractivity (Wildman–Crippen MR) is 106 cm³/mol. The molecule has 0 aliphatic rings. The Morgan fingerprint density at radius 3 is 2.57 bits per heavy atom. The molecule has 0 radical (unpaired) electrons. The number of aryl methyl sites for hydroxylation is 2. The highest BCUT2D eigenvalue weighted by molar-refractivity contribution is 5.98. The number of hydrogen-bond donors (Lipinski definition) is 2. The number of carbonyl (C=O) groups excluding carboxylic acids is 2. The molecule has 1 heterocycles. The van der Waals surface area contributed by atoms with Crippen LogP contribution in [0.5, 0.6) is 11.5 Å². The van der Waals surface area contributed by atoms with E-state index < -0.39 is 11.8 Å². The maximum absolute atomic E-state index is 12.0. The van der Waals surface area contributed by atoms with E-state index in [2.05, 4.69) is 17.8 Å². The normalized spacial score (nSPS) is 10.7. The van der Waals surface area contributed by atoms with Crippen molar-refractivity contribution < 1.29 is 23.5 Å². The Morgan fingerprint density at radius 1 is 1.14 bits per heavy atom. The van der Waals surface area contributed by atoms with Crippen molar-refractivity contribution in [2.24, 2.45) is 0 Å². The molecule has 0 aliphatic carbocycles. The summed E-state index contributed by atoms with van der Waals surface area (Å²) in [5, 5.41) is 0. The molecule has 150 valence electrons. The van der Waals surface area contributed by atoms with Crippen LogP contribution in [-0.4, -0.2) is 25.5 Å². The lowest BCUT2D eigenvalue weighted by atomic mass is 10.2. The Hall–Kier alpha value is -3.22. The molecule has 0 saturated carbocycles. The summed E-state index contributed by atoms with van der Waals surface area (Å²) in [7, 11) is 1.57. The quantitative estimate of drug-likeness (QED) is 0.411. The van der Waals surface area contributed by atoms with Crippen molar-refractivity contribution in [3.63, 3.8) is 0 Å². The first kappa shape index (κ1) is 21.1. The first-order valence-electron chi connectivity index (χ1n) is 9.10. The summed E-state index contributed by atoms with van der Waals surface area (Å²) in [5.74, 6) is 1.48. The van der Waals surface area contributed by atoms with Crippen LogP contribution >= 0.6 is 0 Å². The van der Waals surface area contributed by atoms with E-state index in [0.717, 1.165) is 18.4 Å². The zero-order chi connectivity index (χ0) is 20.5. The minimum Gasteiger partial charge on any atom is -0.493 e. The second kappa shape index (κ2) is 10.2. The molecule has 0 spiro atoms. The van der Waals surface area contributed by atoms with Crippen molar-refractivity contribution in [1.82, 2.24) is 10.9 Å². The smallest absolute Gasteiger partial charge is 0.273 e. The van der Waals surface area contributed by atoms with Crippen LogP contribution in [0.3, 0.4) is 0 Å². The van der Waals surface area contributed by atoms with Gasteiger partial charge >= 0.3 is 0 Å². The summed E-state index contributed by atoms with van der Waals surface area (Å²) in [6.45, 7) is 6.16. The number of hydrazine groups is 1. The van der Waals surface area contributed by atoms with Crippen LogP contribution in [0.25, 0.3) is 6.08 Å². The second-order valence-electron chi connectivity index (χ2n) is 6.22. The van der Waals surface area contributed by atoms with Crippen molar-refractivity contribution >= 4 is 17.9 Å². The molecule has 2 amide bonds. The van der Waals surface area contributed by atoms with Crippen LogP contribution in [0.1, 0.15) is 47.2 Å². The van der Waals surface area contributed by atoms with E-state index in [1.807, 2.05) is 6.07 Å². The van der Waals surface area contributed by atoms with Crippen LogP contribution in [0.4, 0.5) is 0 Å². The molecule has 0 unspecified atom stereocenters. The van der Waals surface area contributed by atoms with E-state index in [4.69, 9.17) is 13.9 Å². The Bertz CT molecular complexity index is 854. The van der Waals surface area contributed by atoms with Gasteiger partial charge in [-0.15, -0.1) is 0 Å². The Morgan fingerprint density at radius 2 is 1.93 bits per heavy atom. The molecule has 0 saturated heterocycles. The van der Waals surface area contributed by atoms with E-state index in [-0.39, 0.29) is 0 Å². The molecule has 0 fully saturated rings. The summed E-state index contributed by atoms with van der Waals surface area (Å²) >= 11 is 0. The molecule has 0 atom stereocenters. The summed E-state index contributed by atoms with van der Waals surface area (Å²) < 4.78 is 16.3. The van der Waals surface area contributed by atoms with Crippen LogP contribution in [-0.2, 0) is 4.79 Å². The first-order valence-corrected chi connectivity index (χ1v) is 9.10. The SMILES string of the molecule is CCCCOc1ccc(/C=C/C(=O)NNC(=O)c2cc(C)oc2C)cc1OC. The van der Waals surface area contributed by atoms with Gasteiger partial charge < -0.3 is 13.9 Å². The number of rotatable bonds is 8. The zero-order valence-corrected chi connectivity index (χ0v) is 16.6. The average Bonchev–Trinajstić information content (AvgIpc) is 3.03. The van der Waals surface area contributed by atoms with E-state index in [0.29, 0.717) is 35.2 Å². The standard InChI is InChI=1S/C21H26N2O5/c1-5-6-11-27-18-9-7-16(13-19(18)26-4)8-10-20(24)22-23-21(25)17-12-14(2)28-15(17)3/h7-10,12-13H,5-6,11H2,1-4H3,(H,22,24)(H,23,25)/b10-8+. The molecular formula is C21H26N2O5. The van der Waals surface area contributed by atoms with Gasteiger partial charge in [0.15, 0.2) is 11.5 Å². The van der Waals surface area contributed by atoms with Gasteiger partial charge in [0, 0.05) is 6.08 Å². The lowest BCUT2D eigenvalue weighted by Gasteiger charge is -2.11. The number of ether oxygens (including phenoxy) is 2. The lowest BCUT2D eigenvalue weighted by molar-refractivity contribution is -0.117. The maximum atomic E-state index is 12.0. The number of furan rings is 1. The molecule has 1 aromatic heterocycles. The molecule has 28 heavy (non-hydrogen) atoms. The lowest BCUT2D eigenvalue weighted by Crippen LogP contribution is -2.40. The number of amides is 2. The number of methoxy groups -OCH3 is 1. The van der Waals surface area contributed by atoms with Gasteiger partial charge in [0.1, 0.15) is 11.5 Å². The molecule has 7 heteroatoms. The predicted octanol–water partition coefficient (Wildman–Crippen LogP) is 3.56. The van der Waals surface area contributed by atoms with Crippen molar-refractivity contribution in [3.8, 4) is 11.5 Å². The van der Waals surface area contributed by atoms with Gasteiger partial charge in [-0.1, -0.05) is 19.4 Å². The Kier molecular flexibility index (Phi) is 7.68. The number of hydrogen-bond acceptors (Lipinski definition) is 5. The third-order valence-corrected chi connectivity index (χ3v) is 3.96. The van der Waals surface area contributed by atoms with Crippen molar-refractivity contribution in [3.05, 3.63) is 53.0 Å². The van der Waals surface area contributed by atoms with E-state index in [1.165, 1.54) is 6.08 Å². The third-order valence-electron chi connectivity index (χ3n) is 3.96. The first-order chi connectivity index (χ1) is 13.4. The van der Waals surface area contributed by atoms with Crippen molar-refractivity contribution in [1.29, 1.82) is 0 Å². The fourth-order valence-electron chi connectivity index (χ4n) is 2.49. The minimum absolute atomic E-state index is 0.380. The van der Waals surface area contributed by atoms with E-state index >= 15 is 0 Å². The van der Waals surface area contributed by atoms with Crippen LogP contribution in [0.2, 0.25) is 0 Å². The highest BCUT2D eigenvalue weighted by Crippen LogP contribution is 2.28. The summed E-state index contributed by atoms with van der Waals surface area (Å²) in [4.78, 5) is 24.0. The van der Waals surface area contributed by atoms with Crippen LogP contribution in [0, 0.1) is 13.8 Å². The minimum atomic E-state index is -0.464. The second-order valence-corrected chi connectivity index (χ2v) is 6.22. The summed E-state index contributed by atoms with van der Waals surface area (Å²) in [5.41, 5.74) is 5.84. The van der Waals surface area contributed by atoms with Crippen LogP contribution in [0.15, 0.2) is 34.8 Å². The molecule has 2 N–H and O–H groups in total. The van der Waals surface area contributed by atoms with Gasteiger partial charge in [0.05, 0.1) is 19.3 Å². The third kappa shape index (κ3) is 5.90. The summed E-state index contributed by atoms with van der Waals surface area (Å²) in [6.07, 6.45) is 4.95. The molecule has 2 aromatic rings. The van der Waals surface area contributed by atoms with Crippen molar-refractivity contribution in [2.45, 2.75) is 33.6 Å². The Balaban J connectivity index is 1.92. The molecule has 0 bridgehead atoms. The highest BCUT2D eigenvalue weighted by atomic mass is 16.5. The Labute approximate surface area is 164 Å². The number of nitrogens with one attached hydrogen (secondary N) is 2. The molecule has 0 aliphatic heterocycles. The number of benzene rings is 1. The van der Waals surface area contributed by atoms with Crippen LogP contribution < -0.4 is 20.3 Å². The van der Waals surface area contributed by atoms with Gasteiger partial charge in [-0.3, -0.25) is 20.4 Å². The van der Waals surface area contributed by atoms with Gasteiger partial charge in [0.2, 0.25) is 0 Å². The van der Waals surface area contributed by atoms with Gasteiger partial charge in [-0.05, 0) is 50.1 Å². The van der Waals surface area contributed by atoms with E-state index in [9.17, 15) is 9.59 Å². The maximum Gasteiger partial charge on any atom is 0.273 e. The summed E-state index contributed by atoms with van der Waals surface area (Å²) in [6, 6.07) is 7.02. The zero-order valence-electron chi connectivity index (χ0n) is 16.6. The van der Waals surface area contributed by atoms with Gasteiger partial charge in [-0.2, -0.15) is 0 Å². The molecular weight excluding hydrogens is 360 g/mol. The molecule has 1 aromatic carbocycles. The van der Waals surface area contributed by atoms with Gasteiger partial charge in [0.25, 0.3) is 11.8 Å². The fraction of sp³-hybridized carbons (Fsp3) is 0.333. The van der Waals surface area contributed by atoms with Gasteiger partial charge in [-0.25, -0.2) is 0 Å².